The molecule has 0 aromatic rings. The van der Waals surface area contributed by atoms with E-state index >= 15 is 0 Å². The van der Waals surface area contributed by atoms with Gasteiger partial charge >= 0.3 is 6.03 Å². The molecule has 0 aliphatic rings. The van der Waals surface area contributed by atoms with E-state index < -0.39 is 6.03 Å². The Bertz CT molecular complexity index is 227. The predicted molar refractivity (Wildman–Crippen MR) is 54.5 cm³/mol. The normalized spacial score (nSPS) is 10.8. The molecule has 74 valence electrons. The van der Waals surface area contributed by atoms with Crippen LogP contribution < -0.4 is 11.2 Å². The van der Waals surface area contributed by atoms with Crippen LogP contribution in [0.3, 0.4) is 0 Å². The molecule has 13 heavy (non-hydrogen) atoms. The Kier molecular flexibility index (Phi) is 5.59. The fraction of sp³-hybridized carbons (Fsp3) is 0.556. The van der Waals surface area contributed by atoms with Crippen LogP contribution in [0.5, 0.6) is 0 Å². The molecule has 0 saturated heterocycles. The van der Waals surface area contributed by atoms with Crippen molar-refractivity contribution in [2.24, 2.45) is 10.8 Å². The van der Waals surface area contributed by atoms with Crippen LogP contribution in [0.4, 0.5) is 4.79 Å². The first kappa shape index (κ1) is 11.7. The molecule has 2 amide bonds. The first-order valence-electron chi connectivity index (χ1n) is 4.24. The lowest BCUT2D eigenvalue weighted by atomic mass is 10.2. The van der Waals surface area contributed by atoms with Gasteiger partial charge in [-0.25, -0.2) is 10.2 Å². The Balaban J connectivity index is 3.73. The molecule has 4 heteroatoms. The average Bonchev–Trinajstić information content (AvgIpc) is 2.00. The van der Waals surface area contributed by atoms with Crippen LogP contribution in [-0.2, 0) is 0 Å². The van der Waals surface area contributed by atoms with Gasteiger partial charge in [-0.15, -0.1) is 0 Å². The van der Waals surface area contributed by atoms with Crippen molar-refractivity contribution >= 4 is 11.7 Å². The Morgan fingerprint density at radius 1 is 1.46 bits per heavy atom. The average molecular weight is 183 g/mol. The van der Waals surface area contributed by atoms with E-state index in [-0.39, 0.29) is 0 Å². The van der Waals surface area contributed by atoms with E-state index in [2.05, 4.69) is 16.6 Å². The summed E-state index contributed by atoms with van der Waals surface area (Å²) in [7, 11) is 0. The maximum atomic E-state index is 10.3. The quantitative estimate of drug-likeness (QED) is 0.389. The molecule has 0 saturated carbocycles. The summed E-state index contributed by atoms with van der Waals surface area (Å²) < 4.78 is 0. The predicted octanol–water partition coefficient (Wildman–Crippen LogP) is 1.78. The van der Waals surface area contributed by atoms with Gasteiger partial charge in [0.2, 0.25) is 0 Å². The molecule has 0 aliphatic heterocycles. The minimum atomic E-state index is -0.624. The lowest BCUT2D eigenvalue weighted by Crippen LogP contribution is -2.25. The van der Waals surface area contributed by atoms with Gasteiger partial charge in [-0.2, -0.15) is 5.10 Å². The summed E-state index contributed by atoms with van der Waals surface area (Å²) in [5, 5.41) is 3.78. The van der Waals surface area contributed by atoms with Gasteiger partial charge in [0.1, 0.15) is 0 Å². The molecule has 0 aliphatic carbocycles. The number of hydrazone groups is 1. The molecule has 3 N–H and O–H groups in total. The third kappa shape index (κ3) is 8.59. The third-order valence-electron chi connectivity index (χ3n) is 1.42. The number of allylic oxidation sites excluding steroid dienone is 2. The number of nitrogens with zero attached hydrogens (tertiary/aromatic N) is 1. The van der Waals surface area contributed by atoms with Crippen molar-refractivity contribution < 1.29 is 4.79 Å². The van der Waals surface area contributed by atoms with Crippen molar-refractivity contribution in [3.05, 3.63) is 11.6 Å². The van der Waals surface area contributed by atoms with Gasteiger partial charge in [-0.1, -0.05) is 11.6 Å². The lowest BCUT2D eigenvalue weighted by molar-refractivity contribution is 0.249. The van der Waals surface area contributed by atoms with Crippen molar-refractivity contribution in [2.45, 2.75) is 33.6 Å². The van der Waals surface area contributed by atoms with E-state index in [1.54, 1.807) is 0 Å². The summed E-state index contributed by atoms with van der Waals surface area (Å²) in [6.07, 6.45) is 3.91. The topological polar surface area (TPSA) is 67.5 Å². The monoisotopic (exact) mass is 183 g/mol. The number of nitrogens with one attached hydrogen (secondary N) is 1. The molecule has 4 nitrogen and oxygen atoms in total. The summed E-state index contributed by atoms with van der Waals surface area (Å²) in [5.41, 5.74) is 9.20. The van der Waals surface area contributed by atoms with E-state index in [4.69, 9.17) is 5.73 Å². The highest BCUT2D eigenvalue weighted by Crippen LogP contribution is 1.98. The zero-order valence-corrected chi connectivity index (χ0v) is 8.42. The maximum absolute atomic E-state index is 10.3. The number of urea groups is 1. The van der Waals surface area contributed by atoms with Gasteiger partial charge in [0.05, 0.1) is 0 Å². The fourth-order valence-electron chi connectivity index (χ4n) is 0.776. The van der Waals surface area contributed by atoms with Crippen LogP contribution >= 0.6 is 0 Å². The summed E-state index contributed by atoms with van der Waals surface area (Å²) in [5.74, 6) is 0. The zero-order chi connectivity index (χ0) is 10.3. The van der Waals surface area contributed by atoms with Crippen molar-refractivity contribution in [2.75, 3.05) is 0 Å². The minimum absolute atomic E-state index is 0.624. The number of nitrogens with two attached hydrogens (primary N) is 1. The molecule has 0 atom stereocenters. The SMILES string of the molecule is CC(C)=CCC/C(C)=N/NC(N)=O. The van der Waals surface area contributed by atoms with Crippen LogP contribution in [0, 0.1) is 0 Å². The van der Waals surface area contributed by atoms with Gasteiger partial charge in [-0.3, -0.25) is 0 Å². The first-order chi connectivity index (χ1) is 6.02. The van der Waals surface area contributed by atoms with Gasteiger partial charge in [-0.05, 0) is 33.6 Å². The second-order valence-electron chi connectivity index (χ2n) is 3.14. The van der Waals surface area contributed by atoms with E-state index in [0.717, 1.165) is 18.6 Å². The third-order valence-corrected chi connectivity index (χ3v) is 1.42. The van der Waals surface area contributed by atoms with Gasteiger partial charge in [0.15, 0.2) is 0 Å². The highest BCUT2D eigenvalue weighted by Gasteiger charge is 1.91. The maximum Gasteiger partial charge on any atom is 0.332 e. The number of hydrogen-bond donors (Lipinski definition) is 2. The molecule has 0 rings (SSSR count). The van der Waals surface area contributed by atoms with Crippen molar-refractivity contribution in [3.8, 4) is 0 Å². The molecular weight excluding hydrogens is 166 g/mol. The second-order valence-corrected chi connectivity index (χ2v) is 3.14. The Morgan fingerprint density at radius 2 is 2.08 bits per heavy atom. The number of hydrogen-bond acceptors (Lipinski definition) is 2. The summed E-state index contributed by atoms with van der Waals surface area (Å²) in [6, 6.07) is -0.624. The van der Waals surface area contributed by atoms with E-state index in [1.807, 2.05) is 20.8 Å². The van der Waals surface area contributed by atoms with Gasteiger partial charge in [0, 0.05) is 5.71 Å². The van der Waals surface area contributed by atoms with Crippen molar-refractivity contribution in [1.82, 2.24) is 5.43 Å². The summed E-state index contributed by atoms with van der Waals surface area (Å²) >= 11 is 0. The first-order valence-corrected chi connectivity index (χ1v) is 4.24. The zero-order valence-electron chi connectivity index (χ0n) is 8.42. The largest absolute Gasteiger partial charge is 0.350 e. The summed E-state index contributed by atoms with van der Waals surface area (Å²) in [4.78, 5) is 10.3. The number of carbonyl (C=O) groups excluding carboxylic acids is 1. The fourth-order valence-corrected chi connectivity index (χ4v) is 0.776. The molecule has 0 fully saturated rings. The van der Waals surface area contributed by atoms with Gasteiger partial charge in [0.25, 0.3) is 0 Å². The molecule has 0 bridgehead atoms. The standard InChI is InChI=1S/C9H17N3O/c1-7(2)5-4-6-8(3)11-12-9(10)13/h5H,4,6H2,1-3H3,(H3,10,12,13)/b11-8+. The van der Waals surface area contributed by atoms with Crippen molar-refractivity contribution in [1.29, 1.82) is 0 Å². The van der Waals surface area contributed by atoms with Crippen LogP contribution in [0.25, 0.3) is 0 Å². The molecular formula is C9H17N3O. The molecule has 0 spiro atoms. The van der Waals surface area contributed by atoms with E-state index in [9.17, 15) is 4.79 Å². The Hall–Kier alpha value is -1.32. The second kappa shape index (κ2) is 6.22. The highest BCUT2D eigenvalue weighted by atomic mass is 16.2. The number of rotatable bonds is 4. The molecule has 0 unspecified atom stereocenters. The molecule has 0 radical (unpaired) electrons. The Labute approximate surface area is 78.9 Å². The van der Waals surface area contributed by atoms with Crippen LogP contribution in [-0.4, -0.2) is 11.7 Å². The van der Waals surface area contributed by atoms with Crippen molar-refractivity contribution in [3.63, 3.8) is 0 Å². The van der Waals surface area contributed by atoms with Crippen LogP contribution in [0.1, 0.15) is 33.6 Å². The lowest BCUT2D eigenvalue weighted by Gasteiger charge is -1.97. The van der Waals surface area contributed by atoms with Crippen LogP contribution in [0.15, 0.2) is 16.8 Å². The number of primary amides is 1. The molecule has 0 heterocycles. The highest BCUT2D eigenvalue weighted by molar-refractivity contribution is 5.83. The number of amides is 2. The Morgan fingerprint density at radius 3 is 2.54 bits per heavy atom. The van der Waals surface area contributed by atoms with E-state index in [0.29, 0.717) is 0 Å². The summed E-state index contributed by atoms with van der Waals surface area (Å²) in [6.45, 7) is 5.96. The number of carbonyl (C=O) groups is 1. The molecule has 0 aromatic heterocycles. The smallest absolute Gasteiger partial charge is 0.332 e. The van der Waals surface area contributed by atoms with Gasteiger partial charge < -0.3 is 5.73 Å². The van der Waals surface area contributed by atoms with Crippen LogP contribution in [0.2, 0.25) is 0 Å². The van der Waals surface area contributed by atoms with E-state index in [1.165, 1.54) is 5.57 Å². The molecule has 0 aromatic carbocycles. The minimum Gasteiger partial charge on any atom is -0.350 e.